The zero-order valence-electron chi connectivity index (χ0n) is 13.5. The molecule has 1 N–H and O–H groups in total. The van der Waals surface area contributed by atoms with Gasteiger partial charge in [0.15, 0.2) is 0 Å². The molecule has 0 unspecified atom stereocenters. The van der Waals surface area contributed by atoms with Crippen LogP contribution in [0, 0.1) is 6.92 Å². The lowest BCUT2D eigenvalue weighted by Crippen LogP contribution is -2.50. The molecule has 4 nitrogen and oxygen atoms in total. The summed E-state index contributed by atoms with van der Waals surface area (Å²) in [6.07, 6.45) is 2.11. The number of urea groups is 1. The van der Waals surface area contributed by atoms with Crippen molar-refractivity contribution >= 4 is 11.7 Å². The Labute approximate surface area is 128 Å². The quantitative estimate of drug-likeness (QED) is 0.924. The molecule has 0 spiro atoms. The zero-order chi connectivity index (χ0) is 15.2. The van der Waals surface area contributed by atoms with E-state index >= 15 is 0 Å². The summed E-state index contributed by atoms with van der Waals surface area (Å²) in [6, 6.07) is 6.22. The fourth-order valence-corrected chi connectivity index (χ4v) is 2.88. The van der Waals surface area contributed by atoms with Gasteiger partial charge in [0, 0.05) is 31.9 Å². The lowest BCUT2D eigenvalue weighted by molar-refractivity contribution is 0.147. The highest BCUT2D eigenvalue weighted by molar-refractivity contribution is 5.91. The van der Waals surface area contributed by atoms with Gasteiger partial charge in [-0.25, -0.2) is 4.79 Å². The van der Waals surface area contributed by atoms with Gasteiger partial charge in [-0.05, 0) is 37.4 Å². The van der Waals surface area contributed by atoms with Crippen LogP contribution in [0.1, 0.15) is 31.4 Å². The van der Waals surface area contributed by atoms with Crippen LogP contribution in [-0.4, -0.2) is 48.6 Å². The predicted molar refractivity (Wildman–Crippen MR) is 87.9 cm³/mol. The molecule has 0 saturated carbocycles. The summed E-state index contributed by atoms with van der Waals surface area (Å²) in [5.41, 5.74) is 3.32. The lowest BCUT2D eigenvalue weighted by Gasteiger charge is -2.34. The average Bonchev–Trinajstić information content (AvgIpc) is 2.50. The van der Waals surface area contributed by atoms with E-state index in [1.165, 1.54) is 12.0 Å². The van der Waals surface area contributed by atoms with E-state index in [0.717, 1.165) is 50.4 Å². The van der Waals surface area contributed by atoms with Gasteiger partial charge in [0.1, 0.15) is 0 Å². The minimum atomic E-state index is 0.0372. The molecular formula is C17H27N3O. The van der Waals surface area contributed by atoms with E-state index < -0.39 is 0 Å². The summed E-state index contributed by atoms with van der Waals surface area (Å²) in [7, 11) is 0. The number of piperazine rings is 1. The summed E-state index contributed by atoms with van der Waals surface area (Å²) >= 11 is 0. The van der Waals surface area contributed by atoms with E-state index in [2.05, 4.69) is 30.1 Å². The van der Waals surface area contributed by atoms with E-state index in [-0.39, 0.29) is 6.03 Å². The number of aryl methyl sites for hydroxylation is 2. The second-order valence-electron chi connectivity index (χ2n) is 5.72. The standard InChI is InChI=1S/C17H27N3O/c1-4-9-19-10-12-20(13-11-19)17(21)18-16-14(3)7-6-8-15(16)5-2/h6-8H,4-5,9-13H2,1-3H3,(H,18,21). The summed E-state index contributed by atoms with van der Waals surface area (Å²) in [4.78, 5) is 16.8. The van der Waals surface area contributed by atoms with Crippen molar-refractivity contribution in [2.24, 2.45) is 0 Å². The van der Waals surface area contributed by atoms with Gasteiger partial charge in [0.2, 0.25) is 0 Å². The summed E-state index contributed by atoms with van der Waals surface area (Å²) in [5.74, 6) is 0. The second kappa shape index (κ2) is 7.46. The number of rotatable bonds is 4. The van der Waals surface area contributed by atoms with Crippen molar-refractivity contribution in [3.05, 3.63) is 29.3 Å². The molecule has 1 heterocycles. The van der Waals surface area contributed by atoms with Crippen LogP contribution in [0.4, 0.5) is 10.5 Å². The summed E-state index contributed by atoms with van der Waals surface area (Å²) in [5, 5.41) is 3.11. The van der Waals surface area contributed by atoms with Crippen LogP contribution in [0.25, 0.3) is 0 Å². The van der Waals surface area contributed by atoms with Crippen LogP contribution in [0.5, 0.6) is 0 Å². The van der Waals surface area contributed by atoms with E-state index in [0.29, 0.717) is 0 Å². The monoisotopic (exact) mass is 289 g/mol. The Kier molecular flexibility index (Phi) is 5.62. The molecule has 0 bridgehead atoms. The Balaban J connectivity index is 1.97. The third-order valence-electron chi connectivity index (χ3n) is 4.17. The molecule has 116 valence electrons. The van der Waals surface area contributed by atoms with Crippen LogP contribution in [0.2, 0.25) is 0 Å². The molecular weight excluding hydrogens is 262 g/mol. The molecule has 0 aromatic heterocycles. The number of amides is 2. The van der Waals surface area contributed by atoms with Gasteiger partial charge in [0.25, 0.3) is 0 Å². The minimum Gasteiger partial charge on any atom is -0.322 e. The van der Waals surface area contributed by atoms with Crippen molar-refractivity contribution in [2.45, 2.75) is 33.6 Å². The molecule has 0 radical (unpaired) electrons. The van der Waals surface area contributed by atoms with Gasteiger partial charge < -0.3 is 10.2 Å². The maximum atomic E-state index is 12.4. The first-order valence-corrected chi connectivity index (χ1v) is 8.02. The summed E-state index contributed by atoms with van der Waals surface area (Å²) in [6.45, 7) is 11.1. The highest BCUT2D eigenvalue weighted by atomic mass is 16.2. The van der Waals surface area contributed by atoms with Crippen LogP contribution < -0.4 is 5.32 Å². The molecule has 0 atom stereocenters. The average molecular weight is 289 g/mol. The van der Waals surface area contributed by atoms with E-state index in [1.807, 2.05) is 24.0 Å². The number of nitrogens with zero attached hydrogens (tertiary/aromatic N) is 2. The van der Waals surface area contributed by atoms with Gasteiger partial charge >= 0.3 is 6.03 Å². The van der Waals surface area contributed by atoms with Gasteiger partial charge in [0.05, 0.1) is 0 Å². The maximum Gasteiger partial charge on any atom is 0.321 e. The Hall–Kier alpha value is -1.55. The van der Waals surface area contributed by atoms with E-state index in [1.54, 1.807) is 0 Å². The van der Waals surface area contributed by atoms with Crippen molar-refractivity contribution in [2.75, 3.05) is 38.0 Å². The zero-order valence-corrected chi connectivity index (χ0v) is 13.5. The van der Waals surface area contributed by atoms with E-state index in [4.69, 9.17) is 0 Å². The third kappa shape index (κ3) is 3.97. The topological polar surface area (TPSA) is 35.6 Å². The molecule has 4 heteroatoms. The van der Waals surface area contributed by atoms with Gasteiger partial charge in [-0.2, -0.15) is 0 Å². The number of hydrogen-bond donors (Lipinski definition) is 1. The first kappa shape index (κ1) is 15.8. The molecule has 1 saturated heterocycles. The Morgan fingerprint density at radius 3 is 2.52 bits per heavy atom. The highest BCUT2D eigenvalue weighted by Crippen LogP contribution is 2.21. The van der Waals surface area contributed by atoms with Crippen LogP contribution in [0.3, 0.4) is 0 Å². The fourth-order valence-electron chi connectivity index (χ4n) is 2.88. The molecule has 1 aliphatic rings. The van der Waals surface area contributed by atoms with Crippen molar-refractivity contribution in [3.8, 4) is 0 Å². The minimum absolute atomic E-state index is 0.0372. The van der Waals surface area contributed by atoms with Crippen LogP contribution >= 0.6 is 0 Å². The SMILES string of the molecule is CCCN1CCN(C(=O)Nc2c(C)cccc2CC)CC1. The number of anilines is 1. The Bertz CT molecular complexity index is 479. The number of benzene rings is 1. The van der Waals surface area contributed by atoms with Crippen molar-refractivity contribution in [1.82, 2.24) is 9.80 Å². The van der Waals surface area contributed by atoms with Crippen molar-refractivity contribution in [1.29, 1.82) is 0 Å². The molecule has 1 aliphatic heterocycles. The number of carbonyl (C=O) groups is 1. The fraction of sp³-hybridized carbons (Fsp3) is 0.588. The third-order valence-corrected chi connectivity index (χ3v) is 4.17. The van der Waals surface area contributed by atoms with Gasteiger partial charge in [-0.1, -0.05) is 32.0 Å². The van der Waals surface area contributed by atoms with Crippen molar-refractivity contribution in [3.63, 3.8) is 0 Å². The summed E-state index contributed by atoms with van der Waals surface area (Å²) < 4.78 is 0. The first-order valence-electron chi connectivity index (χ1n) is 8.02. The molecule has 2 amide bonds. The largest absolute Gasteiger partial charge is 0.322 e. The Morgan fingerprint density at radius 2 is 1.90 bits per heavy atom. The molecule has 1 aromatic rings. The normalized spacial score (nSPS) is 16.0. The van der Waals surface area contributed by atoms with Crippen LogP contribution in [-0.2, 0) is 6.42 Å². The molecule has 1 fully saturated rings. The van der Waals surface area contributed by atoms with Gasteiger partial charge in [-0.15, -0.1) is 0 Å². The number of hydrogen-bond acceptors (Lipinski definition) is 2. The van der Waals surface area contributed by atoms with Crippen molar-refractivity contribution < 1.29 is 4.79 Å². The first-order chi connectivity index (χ1) is 10.2. The number of nitrogens with one attached hydrogen (secondary N) is 1. The Morgan fingerprint density at radius 1 is 1.19 bits per heavy atom. The number of para-hydroxylation sites is 1. The van der Waals surface area contributed by atoms with Gasteiger partial charge in [-0.3, -0.25) is 4.90 Å². The number of carbonyl (C=O) groups excluding carboxylic acids is 1. The van der Waals surface area contributed by atoms with E-state index in [9.17, 15) is 4.79 Å². The second-order valence-corrected chi connectivity index (χ2v) is 5.72. The highest BCUT2D eigenvalue weighted by Gasteiger charge is 2.21. The molecule has 2 rings (SSSR count). The lowest BCUT2D eigenvalue weighted by atomic mass is 10.1. The molecule has 1 aromatic carbocycles. The molecule has 0 aliphatic carbocycles. The molecule has 21 heavy (non-hydrogen) atoms. The maximum absolute atomic E-state index is 12.4. The predicted octanol–water partition coefficient (Wildman–Crippen LogP) is 3.12. The van der Waals surface area contributed by atoms with Crippen LogP contribution in [0.15, 0.2) is 18.2 Å². The smallest absolute Gasteiger partial charge is 0.321 e.